The molecule has 0 aliphatic rings. The fourth-order valence-corrected chi connectivity index (χ4v) is 0.399. The van der Waals surface area contributed by atoms with E-state index in [-0.39, 0.29) is 12.0 Å². The largest absolute Gasteiger partial charge is 0.478 e. The molecule has 0 spiro atoms. The van der Waals surface area contributed by atoms with E-state index in [9.17, 15) is 14.4 Å². The van der Waals surface area contributed by atoms with E-state index in [1.165, 1.54) is 0 Å². The van der Waals surface area contributed by atoms with E-state index in [4.69, 9.17) is 5.11 Å². The van der Waals surface area contributed by atoms with E-state index < -0.39 is 5.97 Å². The summed E-state index contributed by atoms with van der Waals surface area (Å²) in [5.41, 5.74) is -0.190. The standard InChI is InChI=1S/C6H6O4/c7-3-1-5(2-4-8)6(9)10/h1,3-4H,2H2,(H,9,10)/b5-1+. The predicted octanol–water partition coefficient (Wildman–Crippen LogP) is -0.215. The summed E-state index contributed by atoms with van der Waals surface area (Å²) in [6.07, 6.45) is 1.40. The number of rotatable bonds is 4. The zero-order valence-corrected chi connectivity index (χ0v) is 5.11. The van der Waals surface area contributed by atoms with Gasteiger partial charge in [0, 0.05) is 12.0 Å². The zero-order chi connectivity index (χ0) is 7.98. The fraction of sp³-hybridized carbons (Fsp3) is 0.167. The average Bonchev–Trinajstić information content (AvgIpc) is 1.87. The van der Waals surface area contributed by atoms with Crippen molar-refractivity contribution in [2.45, 2.75) is 6.42 Å². The zero-order valence-electron chi connectivity index (χ0n) is 5.11. The fourth-order valence-electron chi connectivity index (χ4n) is 0.399. The Kier molecular flexibility index (Phi) is 3.79. The lowest BCUT2D eigenvalue weighted by Crippen LogP contribution is -2.01. The first-order chi connectivity index (χ1) is 4.72. The molecule has 0 fully saturated rings. The molecule has 0 bridgehead atoms. The molecule has 4 nitrogen and oxygen atoms in total. The molecule has 54 valence electrons. The lowest BCUT2D eigenvalue weighted by molar-refractivity contribution is -0.133. The third-order valence-electron chi connectivity index (χ3n) is 0.847. The Morgan fingerprint density at radius 2 is 2.00 bits per heavy atom. The molecular formula is C6H6O4. The first kappa shape index (κ1) is 8.55. The molecule has 0 amide bonds. The van der Waals surface area contributed by atoms with Crippen molar-refractivity contribution in [3.63, 3.8) is 0 Å². The van der Waals surface area contributed by atoms with Gasteiger partial charge in [-0.3, -0.25) is 4.79 Å². The summed E-state index contributed by atoms with van der Waals surface area (Å²) in [4.78, 5) is 29.6. The lowest BCUT2D eigenvalue weighted by atomic mass is 10.2. The molecule has 0 aromatic rings. The van der Waals surface area contributed by atoms with Gasteiger partial charge in [0.2, 0.25) is 0 Å². The van der Waals surface area contributed by atoms with Crippen LogP contribution in [0.25, 0.3) is 0 Å². The molecular weight excluding hydrogens is 136 g/mol. The highest BCUT2D eigenvalue weighted by atomic mass is 16.4. The minimum absolute atomic E-state index is 0.190. The first-order valence-electron chi connectivity index (χ1n) is 2.53. The van der Waals surface area contributed by atoms with Gasteiger partial charge in [-0.1, -0.05) is 0 Å². The summed E-state index contributed by atoms with van der Waals surface area (Å²) in [6, 6.07) is 0. The van der Waals surface area contributed by atoms with Gasteiger partial charge in [-0.25, -0.2) is 4.79 Å². The van der Waals surface area contributed by atoms with Crippen LogP contribution < -0.4 is 0 Å². The molecule has 0 atom stereocenters. The summed E-state index contributed by atoms with van der Waals surface area (Å²) in [6.45, 7) is 0. The number of carboxylic acid groups (broad SMARTS) is 1. The molecule has 0 rings (SSSR count). The highest BCUT2D eigenvalue weighted by molar-refractivity contribution is 5.93. The van der Waals surface area contributed by atoms with Crippen LogP contribution in [0.1, 0.15) is 6.42 Å². The molecule has 0 aromatic heterocycles. The second-order valence-electron chi connectivity index (χ2n) is 1.50. The molecule has 0 aliphatic heterocycles. The third kappa shape index (κ3) is 2.76. The Morgan fingerprint density at radius 1 is 1.40 bits per heavy atom. The topological polar surface area (TPSA) is 71.4 Å². The predicted molar refractivity (Wildman–Crippen MR) is 32.5 cm³/mol. The molecule has 0 aliphatic carbocycles. The molecule has 0 heterocycles. The second kappa shape index (κ2) is 4.43. The van der Waals surface area contributed by atoms with Gasteiger partial charge >= 0.3 is 5.97 Å². The van der Waals surface area contributed by atoms with Gasteiger partial charge < -0.3 is 9.90 Å². The molecule has 0 unspecified atom stereocenters. The van der Waals surface area contributed by atoms with Crippen molar-refractivity contribution in [2.75, 3.05) is 0 Å². The number of aliphatic carboxylic acids is 1. The Morgan fingerprint density at radius 3 is 2.30 bits per heavy atom. The van der Waals surface area contributed by atoms with Gasteiger partial charge in [0.15, 0.2) is 0 Å². The lowest BCUT2D eigenvalue weighted by Gasteiger charge is -1.90. The first-order valence-corrected chi connectivity index (χ1v) is 2.53. The number of carbonyl (C=O) groups excluding carboxylic acids is 2. The summed E-state index contributed by atoms with van der Waals surface area (Å²) in [7, 11) is 0. The van der Waals surface area contributed by atoms with Gasteiger partial charge in [0.05, 0.1) is 0 Å². The van der Waals surface area contributed by atoms with Gasteiger partial charge in [0.25, 0.3) is 0 Å². The summed E-state index contributed by atoms with van der Waals surface area (Å²) < 4.78 is 0. The van der Waals surface area contributed by atoms with Crippen LogP contribution in [0.2, 0.25) is 0 Å². The molecule has 0 radical (unpaired) electrons. The van der Waals surface area contributed by atoms with Crippen LogP contribution in [0.5, 0.6) is 0 Å². The Balaban J connectivity index is 4.24. The van der Waals surface area contributed by atoms with Crippen LogP contribution >= 0.6 is 0 Å². The average molecular weight is 142 g/mol. The maximum atomic E-state index is 10.1. The van der Waals surface area contributed by atoms with E-state index in [1.807, 2.05) is 0 Å². The number of carbonyl (C=O) groups is 3. The highest BCUT2D eigenvalue weighted by Gasteiger charge is 2.03. The van der Waals surface area contributed by atoms with Crippen molar-refractivity contribution in [2.24, 2.45) is 0 Å². The number of allylic oxidation sites excluding steroid dienone is 1. The Bertz CT molecular complexity index is 180. The molecule has 1 N–H and O–H groups in total. The van der Waals surface area contributed by atoms with E-state index in [0.717, 1.165) is 6.08 Å². The normalized spacial score (nSPS) is 10.6. The van der Waals surface area contributed by atoms with E-state index in [0.29, 0.717) is 12.6 Å². The number of aldehydes is 2. The van der Waals surface area contributed by atoms with Crippen molar-refractivity contribution in [1.29, 1.82) is 0 Å². The van der Waals surface area contributed by atoms with Crippen molar-refractivity contribution < 1.29 is 19.5 Å². The van der Waals surface area contributed by atoms with Crippen molar-refractivity contribution in [3.8, 4) is 0 Å². The van der Waals surface area contributed by atoms with Gasteiger partial charge in [-0.15, -0.1) is 0 Å². The van der Waals surface area contributed by atoms with Gasteiger partial charge in [-0.2, -0.15) is 0 Å². The van der Waals surface area contributed by atoms with E-state index >= 15 is 0 Å². The third-order valence-corrected chi connectivity index (χ3v) is 0.847. The van der Waals surface area contributed by atoms with Gasteiger partial charge in [0.1, 0.15) is 12.6 Å². The molecule has 0 saturated heterocycles. The van der Waals surface area contributed by atoms with Crippen LogP contribution in [0.3, 0.4) is 0 Å². The van der Waals surface area contributed by atoms with Crippen LogP contribution in [0.4, 0.5) is 0 Å². The number of carboxylic acids is 1. The number of hydrogen-bond donors (Lipinski definition) is 1. The van der Waals surface area contributed by atoms with Crippen molar-refractivity contribution >= 4 is 18.5 Å². The van der Waals surface area contributed by atoms with Crippen molar-refractivity contribution in [1.82, 2.24) is 0 Å². The van der Waals surface area contributed by atoms with Crippen LogP contribution in [0.15, 0.2) is 11.6 Å². The minimum atomic E-state index is -1.24. The summed E-state index contributed by atoms with van der Waals surface area (Å²) >= 11 is 0. The second-order valence-corrected chi connectivity index (χ2v) is 1.50. The quantitative estimate of drug-likeness (QED) is 0.435. The maximum Gasteiger partial charge on any atom is 0.332 e. The molecule has 10 heavy (non-hydrogen) atoms. The summed E-state index contributed by atoms with van der Waals surface area (Å²) in [5.74, 6) is -1.24. The molecule has 4 heteroatoms. The minimum Gasteiger partial charge on any atom is -0.478 e. The maximum absolute atomic E-state index is 10.1. The monoisotopic (exact) mass is 142 g/mol. The van der Waals surface area contributed by atoms with Crippen molar-refractivity contribution in [3.05, 3.63) is 11.6 Å². The SMILES string of the molecule is O=C/C=C(\CC=O)C(=O)O. The van der Waals surface area contributed by atoms with E-state index in [1.54, 1.807) is 0 Å². The molecule has 0 aromatic carbocycles. The van der Waals surface area contributed by atoms with Gasteiger partial charge in [-0.05, 0) is 6.08 Å². The van der Waals surface area contributed by atoms with Crippen LogP contribution in [-0.2, 0) is 14.4 Å². The summed E-state index contributed by atoms with van der Waals surface area (Å²) in [5, 5.41) is 8.25. The number of hydrogen-bond acceptors (Lipinski definition) is 3. The van der Waals surface area contributed by atoms with Crippen LogP contribution in [0, 0.1) is 0 Å². The van der Waals surface area contributed by atoms with Crippen LogP contribution in [-0.4, -0.2) is 23.6 Å². The van der Waals surface area contributed by atoms with E-state index in [2.05, 4.69) is 0 Å². The Hall–Kier alpha value is -1.45. The highest BCUT2D eigenvalue weighted by Crippen LogP contribution is 1.96. The Labute approximate surface area is 57.2 Å². The molecule has 0 saturated carbocycles. The smallest absolute Gasteiger partial charge is 0.332 e.